The first-order valence-corrected chi connectivity index (χ1v) is 7.99. The summed E-state index contributed by atoms with van der Waals surface area (Å²) in [6.07, 6.45) is 0. The van der Waals surface area contributed by atoms with Crippen LogP contribution in [0.5, 0.6) is 0 Å². The molecule has 0 aliphatic heterocycles. The first-order chi connectivity index (χ1) is 9.38. The number of thiazole rings is 1. The van der Waals surface area contributed by atoms with Gasteiger partial charge in [0.25, 0.3) is 0 Å². The predicted octanol–water partition coefficient (Wildman–Crippen LogP) is 4.89. The van der Waals surface area contributed by atoms with Gasteiger partial charge in [-0.25, -0.2) is 4.98 Å². The SMILES string of the molecule is Cc1nc(C(C)NC(c2ccccc2)C(C)(C)C)cs1. The van der Waals surface area contributed by atoms with Crippen LogP contribution in [0.1, 0.15) is 56.0 Å². The molecule has 108 valence electrons. The Hall–Kier alpha value is -1.19. The Balaban J connectivity index is 2.21. The van der Waals surface area contributed by atoms with E-state index in [0.717, 1.165) is 10.7 Å². The average Bonchev–Trinajstić information content (AvgIpc) is 2.82. The van der Waals surface area contributed by atoms with Crippen molar-refractivity contribution >= 4 is 11.3 Å². The summed E-state index contributed by atoms with van der Waals surface area (Å²) in [7, 11) is 0. The Bertz CT molecular complexity index is 540. The summed E-state index contributed by atoms with van der Waals surface area (Å²) >= 11 is 1.71. The van der Waals surface area contributed by atoms with Crippen LogP contribution in [0.25, 0.3) is 0 Å². The van der Waals surface area contributed by atoms with Crippen molar-refractivity contribution in [1.82, 2.24) is 10.3 Å². The minimum Gasteiger partial charge on any atom is -0.301 e. The molecule has 20 heavy (non-hydrogen) atoms. The minimum atomic E-state index is 0.153. The number of hydrogen-bond acceptors (Lipinski definition) is 3. The Morgan fingerprint density at radius 3 is 2.30 bits per heavy atom. The van der Waals surface area contributed by atoms with E-state index in [2.05, 4.69) is 80.6 Å². The lowest BCUT2D eigenvalue weighted by molar-refractivity contribution is 0.253. The summed E-state index contributed by atoms with van der Waals surface area (Å²) in [6, 6.07) is 11.2. The number of benzene rings is 1. The summed E-state index contributed by atoms with van der Waals surface area (Å²) < 4.78 is 0. The molecule has 2 unspecified atom stereocenters. The van der Waals surface area contributed by atoms with Gasteiger partial charge < -0.3 is 5.32 Å². The summed E-state index contributed by atoms with van der Waals surface area (Å²) in [4.78, 5) is 4.60. The molecule has 0 saturated heterocycles. The minimum absolute atomic E-state index is 0.153. The fourth-order valence-electron chi connectivity index (χ4n) is 2.41. The molecule has 0 radical (unpaired) electrons. The summed E-state index contributed by atoms with van der Waals surface area (Å²) in [5.74, 6) is 0. The molecule has 2 rings (SSSR count). The van der Waals surface area contributed by atoms with Crippen molar-refractivity contribution in [1.29, 1.82) is 0 Å². The maximum absolute atomic E-state index is 4.60. The fourth-order valence-corrected chi connectivity index (χ4v) is 3.11. The zero-order chi connectivity index (χ0) is 14.8. The molecule has 1 N–H and O–H groups in total. The molecule has 2 nitrogen and oxygen atoms in total. The van der Waals surface area contributed by atoms with E-state index in [1.807, 2.05) is 0 Å². The Labute approximate surface area is 126 Å². The number of nitrogens with zero attached hydrogens (tertiary/aromatic N) is 1. The number of hydrogen-bond donors (Lipinski definition) is 1. The van der Waals surface area contributed by atoms with Crippen molar-refractivity contribution in [3.8, 4) is 0 Å². The van der Waals surface area contributed by atoms with Crippen LogP contribution in [0.15, 0.2) is 35.7 Å². The van der Waals surface area contributed by atoms with Crippen molar-refractivity contribution in [3.05, 3.63) is 52.0 Å². The van der Waals surface area contributed by atoms with Crippen LogP contribution in [0.4, 0.5) is 0 Å². The fraction of sp³-hybridized carbons (Fsp3) is 0.471. The molecule has 1 aromatic heterocycles. The van der Waals surface area contributed by atoms with Crippen molar-refractivity contribution in [2.75, 3.05) is 0 Å². The number of aromatic nitrogens is 1. The molecule has 0 amide bonds. The van der Waals surface area contributed by atoms with E-state index in [1.165, 1.54) is 5.56 Å². The normalized spacial score (nSPS) is 15.1. The Kier molecular flexibility index (Phi) is 4.61. The van der Waals surface area contributed by atoms with Crippen molar-refractivity contribution in [2.45, 2.75) is 46.7 Å². The van der Waals surface area contributed by atoms with Gasteiger partial charge in [-0.05, 0) is 24.8 Å². The van der Waals surface area contributed by atoms with Crippen LogP contribution in [-0.4, -0.2) is 4.98 Å². The topological polar surface area (TPSA) is 24.9 Å². The smallest absolute Gasteiger partial charge is 0.0898 e. The second kappa shape index (κ2) is 6.06. The van der Waals surface area contributed by atoms with E-state index in [-0.39, 0.29) is 11.5 Å². The highest BCUT2D eigenvalue weighted by Gasteiger charge is 2.28. The van der Waals surface area contributed by atoms with Gasteiger partial charge in [0.15, 0.2) is 0 Å². The molecule has 0 fully saturated rings. The van der Waals surface area contributed by atoms with E-state index >= 15 is 0 Å². The van der Waals surface area contributed by atoms with Gasteiger partial charge in [0.2, 0.25) is 0 Å². The van der Waals surface area contributed by atoms with Crippen molar-refractivity contribution in [2.24, 2.45) is 5.41 Å². The lowest BCUT2D eigenvalue weighted by Gasteiger charge is -2.34. The third-order valence-electron chi connectivity index (χ3n) is 3.50. The molecular formula is C17H24N2S. The zero-order valence-electron chi connectivity index (χ0n) is 13.0. The first kappa shape index (κ1) is 15.2. The summed E-state index contributed by atoms with van der Waals surface area (Å²) in [5, 5.41) is 7.02. The van der Waals surface area contributed by atoms with Crippen LogP contribution in [-0.2, 0) is 0 Å². The van der Waals surface area contributed by atoms with Gasteiger partial charge in [-0.1, -0.05) is 51.1 Å². The standard InChI is InChI=1S/C17H24N2S/c1-12(15-11-20-13(2)19-15)18-16(17(3,4)5)14-9-7-6-8-10-14/h6-12,16,18H,1-5H3. The second-order valence-corrected chi connectivity index (χ2v) is 7.45. The van der Waals surface area contributed by atoms with Crippen LogP contribution in [0, 0.1) is 12.3 Å². The van der Waals surface area contributed by atoms with Crippen LogP contribution in [0.3, 0.4) is 0 Å². The Morgan fingerprint density at radius 1 is 1.15 bits per heavy atom. The number of rotatable bonds is 4. The van der Waals surface area contributed by atoms with E-state index in [9.17, 15) is 0 Å². The molecule has 1 heterocycles. The van der Waals surface area contributed by atoms with Gasteiger partial charge in [-0.15, -0.1) is 11.3 Å². The molecule has 0 spiro atoms. The van der Waals surface area contributed by atoms with Crippen LogP contribution >= 0.6 is 11.3 Å². The predicted molar refractivity (Wildman–Crippen MR) is 87.0 cm³/mol. The van der Waals surface area contributed by atoms with Gasteiger partial charge in [0.05, 0.1) is 10.7 Å². The maximum atomic E-state index is 4.60. The molecule has 2 aromatic rings. The summed E-state index contributed by atoms with van der Waals surface area (Å²) in [6.45, 7) is 11.1. The van der Waals surface area contributed by atoms with E-state index < -0.39 is 0 Å². The third-order valence-corrected chi connectivity index (χ3v) is 4.29. The highest BCUT2D eigenvalue weighted by molar-refractivity contribution is 7.09. The molecule has 0 saturated carbocycles. The van der Waals surface area contributed by atoms with Crippen molar-refractivity contribution in [3.63, 3.8) is 0 Å². The molecule has 3 heteroatoms. The van der Waals surface area contributed by atoms with Crippen molar-refractivity contribution < 1.29 is 0 Å². The zero-order valence-corrected chi connectivity index (χ0v) is 13.8. The lowest BCUT2D eigenvalue weighted by atomic mass is 9.82. The second-order valence-electron chi connectivity index (χ2n) is 6.39. The number of nitrogens with one attached hydrogen (secondary N) is 1. The van der Waals surface area contributed by atoms with E-state index in [0.29, 0.717) is 6.04 Å². The largest absolute Gasteiger partial charge is 0.301 e. The maximum Gasteiger partial charge on any atom is 0.0898 e. The monoisotopic (exact) mass is 288 g/mol. The van der Waals surface area contributed by atoms with Gasteiger partial charge in [0, 0.05) is 17.5 Å². The average molecular weight is 288 g/mol. The van der Waals surface area contributed by atoms with Gasteiger partial charge in [0.1, 0.15) is 0 Å². The van der Waals surface area contributed by atoms with Gasteiger partial charge in [-0.2, -0.15) is 0 Å². The third kappa shape index (κ3) is 3.68. The van der Waals surface area contributed by atoms with Gasteiger partial charge in [-0.3, -0.25) is 0 Å². The van der Waals surface area contributed by atoms with Crippen LogP contribution < -0.4 is 5.32 Å². The number of aryl methyl sites for hydroxylation is 1. The highest BCUT2D eigenvalue weighted by atomic mass is 32.1. The van der Waals surface area contributed by atoms with E-state index in [4.69, 9.17) is 0 Å². The molecule has 1 aromatic carbocycles. The van der Waals surface area contributed by atoms with E-state index in [1.54, 1.807) is 11.3 Å². The lowest BCUT2D eigenvalue weighted by Crippen LogP contribution is -2.34. The Morgan fingerprint density at radius 2 is 1.80 bits per heavy atom. The molecule has 0 aliphatic rings. The van der Waals surface area contributed by atoms with Gasteiger partial charge >= 0.3 is 0 Å². The molecule has 0 aliphatic carbocycles. The quantitative estimate of drug-likeness (QED) is 0.866. The highest BCUT2D eigenvalue weighted by Crippen LogP contribution is 2.34. The first-order valence-electron chi connectivity index (χ1n) is 7.11. The molecule has 0 bridgehead atoms. The summed E-state index contributed by atoms with van der Waals surface area (Å²) in [5.41, 5.74) is 2.62. The molecular weight excluding hydrogens is 264 g/mol. The van der Waals surface area contributed by atoms with Crippen LogP contribution in [0.2, 0.25) is 0 Å². The molecule has 2 atom stereocenters.